The van der Waals surface area contributed by atoms with Gasteiger partial charge in [-0.15, -0.1) is 0 Å². The van der Waals surface area contributed by atoms with Crippen molar-refractivity contribution in [2.24, 2.45) is 0 Å². The fourth-order valence-electron chi connectivity index (χ4n) is 4.84. The van der Waals surface area contributed by atoms with E-state index in [4.69, 9.17) is 4.98 Å². The molecule has 1 saturated heterocycles. The van der Waals surface area contributed by atoms with Gasteiger partial charge in [0.15, 0.2) is 0 Å². The molecule has 0 spiro atoms. The van der Waals surface area contributed by atoms with Gasteiger partial charge in [0, 0.05) is 24.8 Å². The number of hydrogen-bond donors (Lipinski definition) is 2. The molecule has 1 saturated carbocycles. The summed E-state index contributed by atoms with van der Waals surface area (Å²) < 4.78 is 77.3. The zero-order chi connectivity index (χ0) is 25.1. The number of aromatic nitrogens is 3. The Kier molecular flexibility index (Phi) is 5.43. The van der Waals surface area contributed by atoms with Gasteiger partial charge in [0.05, 0.1) is 40.2 Å². The Hall–Kier alpha value is -2.06. The van der Waals surface area contributed by atoms with Crippen molar-refractivity contribution in [2.45, 2.75) is 59.8 Å². The second kappa shape index (κ2) is 7.72. The third kappa shape index (κ3) is 4.84. The highest BCUT2D eigenvalue weighted by Crippen LogP contribution is 3.01. The molecule has 2 fully saturated rings. The first-order chi connectivity index (χ1) is 16.3. The molecule has 194 valence electrons. The first kappa shape index (κ1) is 24.6. The Morgan fingerprint density at radius 1 is 1.14 bits per heavy atom. The summed E-state index contributed by atoms with van der Waals surface area (Å²) >= 11 is 0. The number of piperidine rings is 1. The number of rotatable bonds is 6. The van der Waals surface area contributed by atoms with Gasteiger partial charge in [0.1, 0.15) is 22.4 Å². The zero-order valence-electron chi connectivity index (χ0n) is 18.7. The van der Waals surface area contributed by atoms with Gasteiger partial charge in [-0.3, -0.25) is 4.21 Å². The molecule has 2 N–H and O–H groups in total. The number of nitrogens with zero attached hydrogens (tertiary/aromatic N) is 4. The molecule has 7 nitrogen and oxygen atoms in total. The molecule has 35 heavy (non-hydrogen) atoms. The lowest BCUT2D eigenvalue weighted by atomic mass is 9.77. The minimum atomic E-state index is -9.79. The Morgan fingerprint density at radius 2 is 1.80 bits per heavy atom. The lowest BCUT2D eigenvalue weighted by Gasteiger charge is -2.42. The number of fused-ring (bicyclic) bond motifs is 1. The van der Waals surface area contributed by atoms with E-state index >= 15 is 0 Å². The average molecular weight is 540 g/mol. The van der Waals surface area contributed by atoms with E-state index < -0.39 is 31.5 Å². The predicted molar refractivity (Wildman–Crippen MR) is 124 cm³/mol. The third-order valence-corrected chi connectivity index (χ3v) is 9.68. The second-order valence-electron chi connectivity index (χ2n) is 9.54. The molecule has 1 unspecified atom stereocenters. The van der Waals surface area contributed by atoms with Crippen LogP contribution in [0.5, 0.6) is 0 Å². The van der Waals surface area contributed by atoms with Crippen LogP contribution in [0.15, 0.2) is 28.3 Å². The molecule has 0 radical (unpaired) electrons. The molecule has 0 bridgehead atoms. The highest BCUT2D eigenvalue weighted by Gasteiger charge is 2.66. The van der Waals surface area contributed by atoms with Crippen molar-refractivity contribution < 1.29 is 28.7 Å². The minimum Gasteiger partial charge on any atom is -0.394 e. The van der Waals surface area contributed by atoms with Crippen molar-refractivity contribution in [3.8, 4) is 0 Å². The van der Waals surface area contributed by atoms with Crippen LogP contribution in [-0.2, 0) is 17.2 Å². The van der Waals surface area contributed by atoms with Crippen molar-refractivity contribution in [1.29, 1.82) is 0 Å². The largest absolute Gasteiger partial charge is 0.394 e. The molecule has 2 aliphatic heterocycles. The van der Waals surface area contributed by atoms with Crippen LogP contribution in [0.2, 0.25) is 0 Å². The van der Waals surface area contributed by atoms with Gasteiger partial charge in [0.2, 0.25) is 0 Å². The normalized spacial score (nSPS) is 24.3. The van der Waals surface area contributed by atoms with Crippen molar-refractivity contribution in [1.82, 2.24) is 15.0 Å². The first-order valence-electron chi connectivity index (χ1n) is 11.4. The first-order valence-corrected chi connectivity index (χ1v) is 14.7. The van der Waals surface area contributed by atoms with E-state index in [9.17, 15) is 28.7 Å². The number of aryl methyl sites for hydroxylation is 1. The number of halogens is 5. The Labute approximate surface area is 201 Å². The smallest absolute Gasteiger partial charge is 0.313 e. The van der Waals surface area contributed by atoms with Crippen molar-refractivity contribution in [2.75, 3.05) is 35.7 Å². The highest BCUT2D eigenvalue weighted by atomic mass is 32.5. The maximum absolute atomic E-state index is 12.9. The topological polar surface area (TPSA) is 91.2 Å². The monoisotopic (exact) mass is 539 g/mol. The van der Waals surface area contributed by atoms with Gasteiger partial charge < -0.3 is 15.3 Å². The standard InChI is InChI=1S/C21H26F5N5O2S2/c22-35(23,24,25,26)16-11-27-19(28-12-16)14-2-7-31(8-3-14)17-10-15-4-9-34(33)18(15)20(29-17)30-21(13-32)5-1-6-21/h10-12,14,32H,1-9,13H2,(H,29,30). The highest BCUT2D eigenvalue weighted by molar-refractivity contribution is 8.45. The van der Waals surface area contributed by atoms with Crippen LogP contribution < -0.4 is 10.2 Å². The summed E-state index contributed by atoms with van der Waals surface area (Å²) in [7, 11) is -10.9. The summed E-state index contributed by atoms with van der Waals surface area (Å²) in [6.07, 6.45) is 4.67. The Bertz CT molecular complexity index is 1160. The summed E-state index contributed by atoms with van der Waals surface area (Å²) in [5, 5.41) is 13.2. The van der Waals surface area contributed by atoms with Crippen LogP contribution in [0.3, 0.4) is 0 Å². The number of aliphatic hydroxyl groups excluding tert-OH is 1. The molecule has 14 heteroatoms. The molecule has 1 aliphatic carbocycles. The van der Waals surface area contributed by atoms with Crippen LogP contribution in [0.1, 0.15) is 49.4 Å². The van der Waals surface area contributed by atoms with Gasteiger partial charge in [0.25, 0.3) is 0 Å². The molecule has 1 atom stereocenters. The molecular formula is C21H26F5N5O2S2. The summed E-state index contributed by atoms with van der Waals surface area (Å²) in [6.45, 7) is 1.01. The lowest BCUT2D eigenvalue weighted by molar-refractivity contribution is 0.143. The van der Waals surface area contributed by atoms with Crippen LogP contribution in [-0.4, -0.2) is 55.3 Å². The number of anilines is 2. The number of pyridine rings is 1. The molecule has 4 heterocycles. The van der Waals surface area contributed by atoms with E-state index in [1.165, 1.54) is 0 Å². The number of nitrogens with one attached hydrogen (secondary N) is 1. The van der Waals surface area contributed by atoms with E-state index in [2.05, 4.69) is 15.3 Å². The molecular weight excluding hydrogens is 513 g/mol. The molecule has 0 aromatic carbocycles. The predicted octanol–water partition coefficient (Wildman–Crippen LogP) is 4.90. The summed E-state index contributed by atoms with van der Waals surface area (Å²) in [5.41, 5.74) is 0.512. The summed E-state index contributed by atoms with van der Waals surface area (Å²) in [4.78, 5) is 12.6. The maximum Gasteiger partial charge on any atom is 0.313 e. The third-order valence-electron chi connectivity index (χ3n) is 7.10. The van der Waals surface area contributed by atoms with Gasteiger partial charge in [-0.1, -0.05) is 19.4 Å². The molecule has 0 amide bonds. The summed E-state index contributed by atoms with van der Waals surface area (Å²) in [6, 6.07) is 1.93. The SMILES string of the molecule is O=S1CCc2cc(N3CCC(c4ncc(S(F)(F)(F)(F)F)cn4)CC3)nc(NC3(CO)CCC3)c21. The Morgan fingerprint density at radius 3 is 2.34 bits per heavy atom. The van der Waals surface area contributed by atoms with Crippen LogP contribution >= 0.6 is 10.2 Å². The van der Waals surface area contributed by atoms with E-state index in [0.29, 0.717) is 54.6 Å². The van der Waals surface area contributed by atoms with E-state index in [0.717, 1.165) is 24.8 Å². The maximum atomic E-state index is 12.9. The quantitative estimate of drug-likeness (QED) is 0.505. The van der Waals surface area contributed by atoms with Gasteiger partial charge in [-0.25, -0.2) is 15.0 Å². The Balaban J connectivity index is 1.32. The van der Waals surface area contributed by atoms with Crippen LogP contribution in [0, 0.1) is 0 Å². The molecule has 3 aliphatic rings. The molecule has 2 aromatic heterocycles. The van der Waals surface area contributed by atoms with E-state index in [-0.39, 0.29) is 30.7 Å². The fraction of sp³-hybridized carbons (Fsp3) is 0.571. The van der Waals surface area contributed by atoms with Gasteiger partial charge >= 0.3 is 10.2 Å². The lowest BCUT2D eigenvalue weighted by Crippen LogP contribution is -2.48. The van der Waals surface area contributed by atoms with Crippen molar-refractivity contribution >= 4 is 32.7 Å². The number of hydrogen-bond acceptors (Lipinski definition) is 7. The minimum absolute atomic E-state index is 0.0352. The van der Waals surface area contributed by atoms with E-state index in [1.807, 2.05) is 11.0 Å². The van der Waals surface area contributed by atoms with Crippen molar-refractivity contribution in [3.05, 3.63) is 29.8 Å². The number of aliphatic hydroxyl groups is 1. The average Bonchev–Trinajstić information content (AvgIpc) is 3.16. The molecule has 2 aromatic rings. The fourth-order valence-corrected chi connectivity index (χ4v) is 6.72. The molecule has 5 rings (SSSR count). The zero-order valence-corrected chi connectivity index (χ0v) is 20.4. The van der Waals surface area contributed by atoms with E-state index in [1.54, 1.807) is 0 Å². The van der Waals surface area contributed by atoms with Gasteiger partial charge in [-0.2, -0.15) is 0 Å². The van der Waals surface area contributed by atoms with Crippen LogP contribution in [0.25, 0.3) is 0 Å². The summed E-state index contributed by atoms with van der Waals surface area (Å²) in [5.74, 6) is 1.62. The van der Waals surface area contributed by atoms with Crippen LogP contribution in [0.4, 0.5) is 31.1 Å². The van der Waals surface area contributed by atoms with Gasteiger partial charge in [-0.05, 0) is 50.2 Å². The second-order valence-corrected chi connectivity index (χ2v) is 13.5. The van der Waals surface area contributed by atoms with Crippen molar-refractivity contribution in [3.63, 3.8) is 0 Å².